The fraction of sp³-hybridized carbons (Fsp3) is 0.250. The Kier molecular flexibility index (Phi) is 4.53. The van der Waals surface area contributed by atoms with E-state index in [9.17, 15) is 4.79 Å². The van der Waals surface area contributed by atoms with Gasteiger partial charge >= 0.3 is 5.97 Å². The largest absolute Gasteiger partial charge is 0.497 e. The lowest BCUT2D eigenvalue weighted by Gasteiger charge is -2.19. The van der Waals surface area contributed by atoms with Crippen molar-refractivity contribution in [3.63, 3.8) is 0 Å². The van der Waals surface area contributed by atoms with Crippen LogP contribution in [-0.4, -0.2) is 29.7 Å². The minimum Gasteiger partial charge on any atom is -0.497 e. The van der Waals surface area contributed by atoms with Gasteiger partial charge in [0.1, 0.15) is 11.4 Å². The van der Waals surface area contributed by atoms with E-state index in [4.69, 9.17) is 9.47 Å². The average Bonchev–Trinajstić information content (AvgIpc) is 3.05. The molecule has 4 rings (SSSR count). The molecule has 0 saturated heterocycles. The monoisotopic (exact) mass is 388 g/mol. The van der Waals surface area contributed by atoms with E-state index in [1.165, 1.54) is 12.7 Å². The van der Waals surface area contributed by atoms with Gasteiger partial charge in [0.2, 0.25) is 0 Å². The molecule has 2 aromatic heterocycles. The summed E-state index contributed by atoms with van der Waals surface area (Å²) >= 11 is 0. The third kappa shape index (κ3) is 3.12. The Labute approximate surface area is 169 Å². The Hall–Kier alpha value is -3.34. The lowest BCUT2D eigenvalue weighted by atomic mass is 9.86. The fourth-order valence-corrected chi connectivity index (χ4v) is 3.66. The van der Waals surface area contributed by atoms with Gasteiger partial charge in [-0.2, -0.15) is 0 Å². The number of carbonyl (C=O) groups excluding carboxylic acids is 1. The van der Waals surface area contributed by atoms with Gasteiger partial charge in [-0.3, -0.25) is 4.57 Å². The van der Waals surface area contributed by atoms with E-state index in [0.29, 0.717) is 17.0 Å². The number of hydrogen-bond donors (Lipinski definition) is 0. The van der Waals surface area contributed by atoms with Crippen molar-refractivity contribution in [1.82, 2.24) is 9.55 Å². The van der Waals surface area contributed by atoms with Gasteiger partial charge in [-0.25, -0.2) is 9.78 Å². The van der Waals surface area contributed by atoms with Crippen molar-refractivity contribution in [3.05, 3.63) is 65.9 Å². The predicted molar refractivity (Wildman–Crippen MR) is 115 cm³/mol. The first-order valence-electron chi connectivity index (χ1n) is 9.51. The number of benzene rings is 2. The summed E-state index contributed by atoms with van der Waals surface area (Å²) in [6, 6.07) is 15.8. The maximum atomic E-state index is 12.5. The van der Waals surface area contributed by atoms with Crippen molar-refractivity contribution in [3.8, 4) is 11.4 Å². The van der Waals surface area contributed by atoms with E-state index in [-0.39, 0.29) is 5.41 Å². The highest BCUT2D eigenvalue weighted by molar-refractivity contribution is 6.09. The molecular formula is C24H24N2O3. The molecule has 2 heterocycles. The highest BCUT2D eigenvalue weighted by Crippen LogP contribution is 2.36. The molecule has 0 unspecified atom stereocenters. The topological polar surface area (TPSA) is 53.4 Å². The van der Waals surface area contributed by atoms with Crippen LogP contribution in [0.3, 0.4) is 0 Å². The third-order valence-corrected chi connectivity index (χ3v) is 5.24. The lowest BCUT2D eigenvalue weighted by Crippen LogP contribution is -2.11. The predicted octanol–water partition coefficient (Wildman–Crippen LogP) is 5.27. The third-order valence-electron chi connectivity index (χ3n) is 5.24. The van der Waals surface area contributed by atoms with Crippen LogP contribution in [0.25, 0.3) is 27.6 Å². The van der Waals surface area contributed by atoms with Crippen molar-refractivity contribution in [2.75, 3.05) is 14.2 Å². The second-order valence-corrected chi connectivity index (χ2v) is 8.07. The quantitative estimate of drug-likeness (QED) is 0.449. The first-order valence-corrected chi connectivity index (χ1v) is 9.51. The molecule has 0 bridgehead atoms. The van der Waals surface area contributed by atoms with Crippen LogP contribution in [0.5, 0.6) is 5.75 Å². The van der Waals surface area contributed by atoms with Crippen molar-refractivity contribution >= 4 is 27.9 Å². The Bertz CT molecular complexity index is 1230. The minimum atomic E-state index is -0.403. The summed E-state index contributed by atoms with van der Waals surface area (Å²) in [4.78, 5) is 17.1. The summed E-state index contributed by atoms with van der Waals surface area (Å²) < 4.78 is 12.5. The van der Waals surface area contributed by atoms with Gasteiger partial charge in [0.25, 0.3) is 0 Å². The lowest BCUT2D eigenvalue weighted by molar-refractivity contribution is 0.0601. The van der Waals surface area contributed by atoms with E-state index in [0.717, 1.165) is 21.9 Å². The number of nitrogens with zero attached hydrogens (tertiary/aromatic N) is 2. The Balaban J connectivity index is 2.13. The van der Waals surface area contributed by atoms with Crippen LogP contribution in [0.15, 0.2) is 54.7 Å². The molecule has 0 spiro atoms. The van der Waals surface area contributed by atoms with Gasteiger partial charge in [0.05, 0.1) is 31.0 Å². The molecule has 0 atom stereocenters. The van der Waals surface area contributed by atoms with E-state index in [1.807, 2.05) is 16.7 Å². The molecule has 0 fully saturated rings. The first kappa shape index (κ1) is 19.0. The average molecular weight is 388 g/mol. The fourth-order valence-electron chi connectivity index (χ4n) is 3.66. The van der Waals surface area contributed by atoms with Crippen molar-refractivity contribution in [2.45, 2.75) is 26.2 Å². The van der Waals surface area contributed by atoms with Gasteiger partial charge in [-0.15, -0.1) is 0 Å². The zero-order chi connectivity index (χ0) is 20.8. The normalized spacial score (nSPS) is 11.8. The zero-order valence-electron chi connectivity index (χ0n) is 17.3. The second kappa shape index (κ2) is 6.92. The highest BCUT2D eigenvalue weighted by Gasteiger charge is 2.22. The molecule has 5 nitrogen and oxygen atoms in total. The molecular weight excluding hydrogens is 364 g/mol. The molecule has 0 aliphatic heterocycles. The summed E-state index contributed by atoms with van der Waals surface area (Å²) in [5.74, 6) is 0.254. The number of aromatic nitrogens is 2. The van der Waals surface area contributed by atoms with Crippen molar-refractivity contribution < 1.29 is 14.3 Å². The van der Waals surface area contributed by atoms with Gasteiger partial charge in [-0.1, -0.05) is 26.8 Å². The molecule has 0 N–H and O–H groups in total. The van der Waals surface area contributed by atoms with Crippen LogP contribution < -0.4 is 4.74 Å². The Morgan fingerprint density at radius 2 is 1.79 bits per heavy atom. The number of methoxy groups -OCH3 is 2. The number of carbonyl (C=O) groups is 1. The van der Waals surface area contributed by atoms with Crippen LogP contribution in [0.1, 0.15) is 36.7 Å². The SMILES string of the molecule is COC(=O)c1ccc(OC)cc1-n1c2ccc(C(C)(C)C)cc2c2cccnc21. The van der Waals surface area contributed by atoms with Gasteiger partial charge in [0, 0.05) is 23.0 Å². The number of rotatable bonds is 3. The molecule has 0 amide bonds. The van der Waals surface area contributed by atoms with E-state index in [1.54, 1.807) is 25.4 Å². The molecule has 0 radical (unpaired) electrons. The Morgan fingerprint density at radius 3 is 2.48 bits per heavy atom. The van der Waals surface area contributed by atoms with Crippen molar-refractivity contribution in [1.29, 1.82) is 0 Å². The molecule has 29 heavy (non-hydrogen) atoms. The molecule has 0 saturated carbocycles. The van der Waals surface area contributed by atoms with E-state index in [2.05, 4.69) is 50.0 Å². The molecule has 0 aliphatic carbocycles. The maximum absolute atomic E-state index is 12.5. The summed E-state index contributed by atoms with van der Waals surface area (Å²) in [6.45, 7) is 6.59. The van der Waals surface area contributed by atoms with Crippen LogP contribution in [0, 0.1) is 0 Å². The van der Waals surface area contributed by atoms with Crippen LogP contribution in [0.2, 0.25) is 0 Å². The summed E-state index contributed by atoms with van der Waals surface area (Å²) in [7, 11) is 2.99. The molecule has 0 aliphatic rings. The summed E-state index contributed by atoms with van der Waals surface area (Å²) in [6.07, 6.45) is 1.76. The number of esters is 1. The molecule has 5 heteroatoms. The van der Waals surface area contributed by atoms with Gasteiger partial charge in [0.15, 0.2) is 0 Å². The molecule has 148 valence electrons. The zero-order valence-corrected chi connectivity index (χ0v) is 17.3. The van der Waals surface area contributed by atoms with Crippen LogP contribution >= 0.6 is 0 Å². The number of ether oxygens (including phenoxy) is 2. The maximum Gasteiger partial charge on any atom is 0.339 e. The summed E-state index contributed by atoms with van der Waals surface area (Å²) in [5.41, 5.74) is 4.16. The van der Waals surface area contributed by atoms with E-state index >= 15 is 0 Å². The standard InChI is InChI=1S/C24H24N2O3/c1-24(2,3)15-8-11-20-19(13-15)17-7-6-12-25-22(17)26(20)21-14-16(28-4)9-10-18(21)23(27)29-5/h6-14H,1-5H3. The first-order chi connectivity index (χ1) is 13.8. The molecule has 2 aromatic carbocycles. The smallest absolute Gasteiger partial charge is 0.339 e. The number of pyridine rings is 1. The van der Waals surface area contributed by atoms with Crippen molar-refractivity contribution in [2.24, 2.45) is 0 Å². The van der Waals surface area contributed by atoms with E-state index < -0.39 is 5.97 Å². The minimum absolute atomic E-state index is 0.0258. The van der Waals surface area contributed by atoms with Crippen LogP contribution in [0.4, 0.5) is 0 Å². The highest BCUT2D eigenvalue weighted by atomic mass is 16.5. The van der Waals surface area contributed by atoms with Gasteiger partial charge < -0.3 is 9.47 Å². The van der Waals surface area contributed by atoms with Gasteiger partial charge in [-0.05, 0) is 47.4 Å². The van der Waals surface area contributed by atoms with Crippen LogP contribution in [-0.2, 0) is 10.2 Å². The number of hydrogen-bond acceptors (Lipinski definition) is 4. The summed E-state index contributed by atoms with van der Waals surface area (Å²) in [5, 5.41) is 2.13. The second-order valence-electron chi connectivity index (χ2n) is 8.07. The Morgan fingerprint density at radius 1 is 1.00 bits per heavy atom. The molecule has 4 aromatic rings. The number of fused-ring (bicyclic) bond motifs is 3.